The molecule has 0 saturated carbocycles. The van der Waals surface area contributed by atoms with E-state index in [1.165, 1.54) is 9.87 Å². The molecule has 0 spiro atoms. The van der Waals surface area contributed by atoms with Crippen LogP contribution in [0.3, 0.4) is 0 Å². The lowest BCUT2D eigenvalue weighted by molar-refractivity contribution is -0.120. The molecule has 2 aromatic carbocycles. The van der Waals surface area contributed by atoms with Crippen LogP contribution < -0.4 is 5.32 Å². The van der Waals surface area contributed by atoms with Crippen LogP contribution in [0.15, 0.2) is 39.8 Å². The Balaban J connectivity index is 1.49. The molecule has 2 heterocycles. The molecule has 8 heteroatoms. The average molecular weight is 522 g/mol. The van der Waals surface area contributed by atoms with Gasteiger partial charge in [0.25, 0.3) is 0 Å². The number of para-hydroxylation sites is 1. The average Bonchev–Trinajstić information content (AvgIpc) is 3.22. The van der Waals surface area contributed by atoms with E-state index in [0.29, 0.717) is 18.5 Å². The Morgan fingerprint density at radius 2 is 1.57 bits per heavy atom. The highest BCUT2D eigenvalue weighted by molar-refractivity contribution is 7.89. The highest BCUT2D eigenvalue weighted by Crippen LogP contribution is 2.31. The Labute approximate surface area is 219 Å². The van der Waals surface area contributed by atoms with Gasteiger partial charge in [0.15, 0.2) is 10.7 Å². The number of carbonyl (C=O) groups is 1. The molecule has 3 aromatic rings. The van der Waals surface area contributed by atoms with Gasteiger partial charge in [0.2, 0.25) is 15.9 Å². The number of anilines is 1. The first-order valence-electron chi connectivity index (χ1n) is 12.6. The third kappa shape index (κ3) is 5.55. The van der Waals surface area contributed by atoms with Gasteiger partial charge in [-0.25, -0.2) is 8.42 Å². The van der Waals surface area contributed by atoms with Gasteiger partial charge in [0.1, 0.15) is 5.69 Å². The van der Waals surface area contributed by atoms with Crippen molar-refractivity contribution in [1.29, 1.82) is 0 Å². The van der Waals surface area contributed by atoms with Gasteiger partial charge < -0.3 is 9.84 Å². The molecule has 0 bridgehead atoms. The number of amides is 1. The van der Waals surface area contributed by atoms with Crippen molar-refractivity contribution in [3.63, 3.8) is 0 Å². The smallest absolute Gasteiger partial charge is 0.248 e. The van der Waals surface area contributed by atoms with Crippen molar-refractivity contribution in [3.05, 3.63) is 75.2 Å². The molecule has 1 aromatic heterocycles. The van der Waals surface area contributed by atoms with Gasteiger partial charge in [-0.2, -0.15) is 4.31 Å². The zero-order chi connectivity index (χ0) is 26.9. The van der Waals surface area contributed by atoms with Gasteiger partial charge in [0, 0.05) is 24.7 Å². The van der Waals surface area contributed by atoms with Gasteiger partial charge in [-0.3, -0.25) is 4.79 Å². The number of nitrogens with zero attached hydrogens (tertiary/aromatic N) is 2. The van der Waals surface area contributed by atoms with Crippen LogP contribution in [0.5, 0.6) is 0 Å². The van der Waals surface area contributed by atoms with Crippen molar-refractivity contribution in [2.24, 2.45) is 5.92 Å². The number of benzene rings is 2. The Kier molecular flexibility index (Phi) is 7.71. The van der Waals surface area contributed by atoms with Gasteiger partial charge in [0.05, 0.1) is 0 Å². The molecule has 4 rings (SSSR count). The maximum Gasteiger partial charge on any atom is 0.248 e. The molecule has 1 saturated heterocycles. The lowest BCUT2D eigenvalue weighted by atomic mass is 9.96. The van der Waals surface area contributed by atoms with Gasteiger partial charge in [-0.15, -0.1) is 0 Å². The van der Waals surface area contributed by atoms with Crippen LogP contribution in [0.2, 0.25) is 0 Å². The number of hydrogen-bond acceptors (Lipinski definition) is 5. The molecule has 0 aliphatic carbocycles. The number of hydrogen-bond donors (Lipinski definition) is 1. The molecule has 196 valence electrons. The van der Waals surface area contributed by atoms with Gasteiger partial charge >= 0.3 is 0 Å². The normalized spacial score (nSPS) is 15.4. The molecule has 1 fully saturated rings. The summed E-state index contributed by atoms with van der Waals surface area (Å²) in [5.74, 6) is -0.101. The fourth-order valence-electron chi connectivity index (χ4n) is 5.14. The molecular formula is C29H35N3O4S. The van der Waals surface area contributed by atoms with Crippen molar-refractivity contribution >= 4 is 33.8 Å². The number of carbonyl (C=O) groups excluding carboxylic acids is 1. The molecule has 0 radical (unpaired) electrons. The maximum atomic E-state index is 13.6. The predicted octanol–water partition coefficient (Wildman–Crippen LogP) is 5.73. The molecule has 1 N–H and O–H groups in total. The highest BCUT2D eigenvalue weighted by atomic mass is 32.2. The van der Waals surface area contributed by atoms with Crippen LogP contribution in [0.1, 0.15) is 57.7 Å². The monoisotopic (exact) mass is 521 g/mol. The van der Waals surface area contributed by atoms with Gasteiger partial charge in [-0.1, -0.05) is 47.1 Å². The summed E-state index contributed by atoms with van der Waals surface area (Å²) < 4.78 is 34.1. The lowest BCUT2D eigenvalue weighted by Gasteiger charge is -2.30. The standard InChI is InChI=1S/C29H35N3O4S/c1-18-16-21(4)25(22(5)17-18)10-11-26-28(23(6)31-36-26)37(34,35)32-14-12-24(13-15-32)29(33)30-27-19(2)8-7-9-20(27)3/h7-11,16-17,24H,12-15H2,1-6H3,(H,30,33)/b11-10+. The summed E-state index contributed by atoms with van der Waals surface area (Å²) in [6.07, 6.45) is 4.47. The Hall–Kier alpha value is -3.23. The second-order valence-electron chi connectivity index (χ2n) is 10.0. The minimum absolute atomic E-state index is 0.0666. The summed E-state index contributed by atoms with van der Waals surface area (Å²) in [4.78, 5) is 13.0. The first-order valence-corrected chi connectivity index (χ1v) is 14.0. The van der Waals surface area contributed by atoms with Crippen molar-refractivity contribution in [1.82, 2.24) is 9.46 Å². The predicted molar refractivity (Wildman–Crippen MR) is 147 cm³/mol. The molecule has 0 unspecified atom stereocenters. The summed E-state index contributed by atoms with van der Waals surface area (Å²) in [5, 5.41) is 7.01. The third-order valence-corrected chi connectivity index (χ3v) is 9.18. The molecule has 0 atom stereocenters. The highest BCUT2D eigenvalue weighted by Gasteiger charge is 2.36. The third-order valence-electron chi connectivity index (χ3n) is 7.12. The fourth-order valence-corrected chi connectivity index (χ4v) is 6.86. The summed E-state index contributed by atoms with van der Waals surface area (Å²) in [7, 11) is -3.84. The number of nitrogens with one attached hydrogen (secondary N) is 1. The fraction of sp³-hybridized carbons (Fsp3) is 0.379. The number of aromatic nitrogens is 1. The minimum Gasteiger partial charge on any atom is -0.355 e. The first-order chi connectivity index (χ1) is 17.5. The largest absolute Gasteiger partial charge is 0.355 e. The molecule has 7 nitrogen and oxygen atoms in total. The SMILES string of the molecule is Cc1cc(C)c(/C=C/c2onc(C)c2S(=O)(=O)N2CCC(C(=O)Nc3c(C)cccc3C)CC2)c(C)c1. The maximum absolute atomic E-state index is 13.6. The number of piperidine rings is 1. The Morgan fingerprint density at radius 1 is 0.973 bits per heavy atom. The topological polar surface area (TPSA) is 92.5 Å². The summed E-state index contributed by atoms with van der Waals surface area (Å²) in [5.41, 5.74) is 7.59. The van der Waals surface area contributed by atoms with E-state index >= 15 is 0 Å². The van der Waals surface area contributed by atoms with Crippen LogP contribution in [-0.4, -0.2) is 36.9 Å². The zero-order valence-corrected chi connectivity index (χ0v) is 23.2. The van der Waals surface area contributed by atoms with Crippen molar-refractivity contribution in [2.45, 2.75) is 59.3 Å². The van der Waals surface area contributed by atoms with Crippen molar-refractivity contribution < 1.29 is 17.7 Å². The van der Waals surface area contributed by atoms with E-state index < -0.39 is 10.0 Å². The minimum atomic E-state index is -3.84. The van der Waals surface area contributed by atoms with Crippen molar-refractivity contribution in [2.75, 3.05) is 18.4 Å². The number of aryl methyl sites for hydroxylation is 6. The van der Waals surface area contributed by atoms with Crippen LogP contribution in [0.25, 0.3) is 12.2 Å². The van der Waals surface area contributed by atoms with Crippen LogP contribution in [0.4, 0.5) is 5.69 Å². The Morgan fingerprint density at radius 3 is 2.16 bits per heavy atom. The second kappa shape index (κ2) is 10.6. The molecule has 1 aliphatic rings. The zero-order valence-electron chi connectivity index (χ0n) is 22.4. The van der Waals surface area contributed by atoms with E-state index in [-0.39, 0.29) is 35.6 Å². The van der Waals surface area contributed by atoms with Gasteiger partial charge in [-0.05, 0) is 88.3 Å². The quantitative estimate of drug-likeness (QED) is 0.447. The van der Waals surface area contributed by atoms with E-state index in [1.807, 2.05) is 52.0 Å². The number of sulfonamides is 1. The van der Waals surface area contributed by atoms with E-state index in [0.717, 1.165) is 33.5 Å². The summed E-state index contributed by atoms with van der Waals surface area (Å²) in [6.45, 7) is 12.2. The van der Waals surface area contributed by atoms with Crippen LogP contribution in [0, 0.1) is 47.5 Å². The summed E-state index contributed by atoms with van der Waals surface area (Å²) >= 11 is 0. The molecular weight excluding hydrogens is 486 g/mol. The molecule has 37 heavy (non-hydrogen) atoms. The van der Waals surface area contributed by atoms with E-state index in [2.05, 4.69) is 29.5 Å². The Bertz CT molecular complexity index is 1420. The van der Waals surface area contributed by atoms with Crippen LogP contribution in [-0.2, 0) is 14.8 Å². The van der Waals surface area contributed by atoms with E-state index in [9.17, 15) is 13.2 Å². The first kappa shape index (κ1) is 26.8. The number of rotatable bonds is 6. The second-order valence-corrected chi connectivity index (χ2v) is 11.9. The molecule has 1 amide bonds. The van der Waals surface area contributed by atoms with E-state index in [1.54, 1.807) is 13.0 Å². The van der Waals surface area contributed by atoms with Crippen molar-refractivity contribution in [3.8, 4) is 0 Å². The van der Waals surface area contributed by atoms with Crippen LogP contribution >= 0.6 is 0 Å². The molecule has 1 aliphatic heterocycles. The van der Waals surface area contributed by atoms with E-state index in [4.69, 9.17) is 4.52 Å². The lowest BCUT2D eigenvalue weighted by Crippen LogP contribution is -2.41. The summed E-state index contributed by atoms with van der Waals surface area (Å²) in [6, 6.07) is 10.1.